The molecule has 3 nitrogen and oxygen atoms in total. The molecule has 21 heavy (non-hydrogen) atoms. The van der Waals surface area contributed by atoms with Gasteiger partial charge in [0.25, 0.3) is 0 Å². The van der Waals surface area contributed by atoms with Gasteiger partial charge in [0.15, 0.2) is 0 Å². The predicted molar refractivity (Wildman–Crippen MR) is 89.5 cm³/mol. The van der Waals surface area contributed by atoms with Crippen LogP contribution in [0.5, 0.6) is 5.75 Å². The number of thioether (sulfide) groups is 1. The van der Waals surface area contributed by atoms with Crippen LogP contribution in [-0.2, 0) is 0 Å². The molecule has 0 heterocycles. The molecule has 0 aliphatic carbocycles. The topological polar surface area (TPSA) is 55.5 Å². The average Bonchev–Trinajstić information content (AvgIpc) is 2.47. The number of aliphatic hydroxyl groups is 1. The molecule has 0 aliphatic heterocycles. The normalized spacial score (nSPS) is 12.1. The molecule has 0 fully saturated rings. The first-order valence-corrected chi connectivity index (χ1v) is 8.03. The van der Waals surface area contributed by atoms with Crippen molar-refractivity contribution >= 4 is 40.7 Å². The summed E-state index contributed by atoms with van der Waals surface area (Å²) in [6.07, 6.45) is -0.635. The maximum Gasteiger partial charge on any atom is 0.142 e. The zero-order chi connectivity index (χ0) is 15.2. The van der Waals surface area contributed by atoms with Gasteiger partial charge in [-0.25, -0.2) is 0 Å². The molecule has 0 amide bonds. The third-order valence-corrected chi connectivity index (χ3v) is 4.55. The molecule has 0 spiro atoms. The Bertz CT molecular complexity index is 610. The Morgan fingerprint density at radius 1 is 1.19 bits per heavy atom. The third kappa shape index (κ3) is 5.00. The van der Waals surface area contributed by atoms with Crippen LogP contribution in [0.4, 0.5) is 5.69 Å². The van der Waals surface area contributed by atoms with Gasteiger partial charge in [0.05, 0.1) is 16.8 Å². The van der Waals surface area contributed by atoms with Crippen LogP contribution in [0.3, 0.4) is 0 Å². The van der Waals surface area contributed by atoms with Crippen LogP contribution in [0.25, 0.3) is 0 Å². The number of aliphatic hydroxyl groups excluding tert-OH is 1. The van der Waals surface area contributed by atoms with Crippen LogP contribution in [0, 0.1) is 0 Å². The predicted octanol–water partition coefficient (Wildman–Crippen LogP) is 4.11. The van der Waals surface area contributed by atoms with Gasteiger partial charge in [0.2, 0.25) is 0 Å². The van der Waals surface area contributed by atoms with Crippen LogP contribution in [0.2, 0.25) is 10.0 Å². The molecule has 0 saturated carbocycles. The molecule has 0 aliphatic rings. The second kappa shape index (κ2) is 7.80. The summed E-state index contributed by atoms with van der Waals surface area (Å²) in [5.74, 6) is 1.02. The molecule has 2 aromatic rings. The van der Waals surface area contributed by atoms with Crippen molar-refractivity contribution in [2.75, 3.05) is 18.1 Å². The van der Waals surface area contributed by atoms with E-state index in [-0.39, 0.29) is 6.61 Å². The molecule has 3 N–H and O–H groups in total. The van der Waals surface area contributed by atoms with E-state index in [2.05, 4.69) is 0 Å². The van der Waals surface area contributed by atoms with Gasteiger partial charge in [-0.15, -0.1) is 11.8 Å². The van der Waals surface area contributed by atoms with Crippen molar-refractivity contribution in [2.45, 2.75) is 11.0 Å². The molecule has 6 heteroatoms. The van der Waals surface area contributed by atoms with Crippen LogP contribution in [-0.4, -0.2) is 23.6 Å². The minimum absolute atomic E-state index is 0.166. The van der Waals surface area contributed by atoms with E-state index in [1.54, 1.807) is 30.3 Å². The molecule has 2 aromatic carbocycles. The monoisotopic (exact) mass is 343 g/mol. The molecular formula is C15H15Cl2NO2S. The summed E-state index contributed by atoms with van der Waals surface area (Å²) in [6, 6.07) is 12.4. The Hall–Kier alpha value is -1.07. The van der Waals surface area contributed by atoms with Gasteiger partial charge in [0, 0.05) is 15.7 Å². The molecule has 0 bridgehead atoms. The Labute approximate surface area is 138 Å². The lowest BCUT2D eigenvalue weighted by molar-refractivity contribution is 0.127. The Kier molecular flexibility index (Phi) is 6.06. The van der Waals surface area contributed by atoms with E-state index in [1.165, 1.54) is 11.8 Å². The van der Waals surface area contributed by atoms with Crippen molar-refractivity contribution in [3.63, 3.8) is 0 Å². The molecule has 112 valence electrons. The van der Waals surface area contributed by atoms with Crippen molar-refractivity contribution in [1.29, 1.82) is 0 Å². The summed E-state index contributed by atoms with van der Waals surface area (Å²) in [6.45, 7) is 0.166. The van der Waals surface area contributed by atoms with Gasteiger partial charge in [-0.2, -0.15) is 0 Å². The fourth-order valence-electron chi connectivity index (χ4n) is 1.62. The van der Waals surface area contributed by atoms with Crippen LogP contribution in [0.1, 0.15) is 0 Å². The van der Waals surface area contributed by atoms with Gasteiger partial charge in [-0.05, 0) is 30.3 Å². The van der Waals surface area contributed by atoms with E-state index < -0.39 is 6.10 Å². The van der Waals surface area contributed by atoms with E-state index in [0.29, 0.717) is 27.2 Å². The summed E-state index contributed by atoms with van der Waals surface area (Å²) < 4.78 is 5.49. The number of halogens is 2. The first kappa shape index (κ1) is 16.3. The molecule has 2 rings (SSSR count). The number of hydrogen-bond acceptors (Lipinski definition) is 4. The highest BCUT2D eigenvalue weighted by Gasteiger charge is 2.10. The number of rotatable bonds is 6. The number of hydrogen-bond donors (Lipinski definition) is 2. The zero-order valence-corrected chi connectivity index (χ0v) is 13.5. The quantitative estimate of drug-likeness (QED) is 0.612. The largest absolute Gasteiger partial charge is 0.489 e. The van der Waals surface area contributed by atoms with E-state index in [9.17, 15) is 5.11 Å². The first-order chi connectivity index (χ1) is 10.1. The summed E-state index contributed by atoms with van der Waals surface area (Å²) >= 11 is 13.4. The molecule has 0 radical (unpaired) electrons. The summed E-state index contributed by atoms with van der Waals surface area (Å²) in [5, 5.41) is 11.2. The Morgan fingerprint density at radius 3 is 2.71 bits per heavy atom. The first-order valence-electron chi connectivity index (χ1n) is 6.29. The van der Waals surface area contributed by atoms with E-state index >= 15 is 0 Å². The lowest BCUT2D eigenvalue weighted by Gasteiger charge is -2.13. The smallest absolute Gasteiger partial charge is 0.142 e. The Morgan fingerprint density at radius 2 is 1.95 bits per heavy atom. The van der Waals surface area contributed by atoms with Gasteiger partial charge < -0.3 is 15.6 Å². The fraction of sp³-hybridized carbons (Fsp3) is 0.200. The number of anilines is 1. The summed E-state index contributed by atoms with van der Waals surface area (Å²) in [5.41, 5.74) is 6.32. The summed E-state index contributed by atoms with van der Waals surface area (Å²) in [4.78, 5) is 0.836. The van der Waals surface area contributed by atoms with Gasteiger partial charge in [-0.3, -0.25) is 0 Å². The number of nitrogens with two attached hydrogens (primary N) is 1. The van der Waals surface area contributed by atoms with E-state index in [1.807, 2.05) is 12.1 Å². The van der Waals surface area contributed by atoms with E-state index in [4.69, 9.17) is 33.7 Å². The standard InChI is InChI=1S/C15H15Cl2NO2S/c16-10-5-6-12(17)15(7-10)21-9-11(19)8-20-14-4-2-1-3-13(14)18/h1-7,11,19H,8-9,18H2. The average molecular weight is 344 g/mol. The van der Waals surface area contributed by atoms with Crippen molar-refractivity contribution in [3.8, 4) is 5.75 Å². The molecule has 0 aromatic heterocycles. The molecule has 1 unspecified atom stereocenters. The highest BCUT2D eigenvalue weighted by Crippen LogP contribution is 2.30. The number of ether oxygens (including phenoxy) is 1. The van der Waals surface area contributed by atoms with Crippen molar-refractivity contribution < 1.29 is 9.84 Å². The van der Waals surface area contributed by atoms with Gasteiger partial charge >= 0.3 is 0 Å². The third-order valence-electron chi connectivity index (χ3n) is 2.67. The number of nitrogen functional groups attached to an aromatic ring is 1. The SMILES string of the molecule is Nc1ccccc1OCC(O)CSc1cc(Cl)ccc1Cl. The summed E-state index contributed by atoms with van der Waals surface area (Å²) in [7, 11) is 0. The number of benzene rings is 2. The van der Waals surface area contributed by atoms with E-state index in [0.717, 1.165) is 4.90 Å². The Balaban J connectivity index is 1.84. The lowest BCUT2D eigenvalue weighted by Crippen LogP contribution is -2.20. The van der Waals surface area contributed by atoms with Crippen LogP contribution in [0.15, 0.2) is 47.4 Å². The van der Waals surface area contributed by atoms with Crippen molar-refractivity contribution in [2.24, 2.45) is 0 Å². The van der Waals surface area contributed by atoms with Gasteiger partial charge in [0.1, 0.15) is 12.4 Å². The number of para-hydroxylation sites is 2. The highest BCUT2D eigenvalue weighted by molar-refractivity contribution is 7.99. The minimum Gasteiger partial charge on any atom is -0.489 e. The molecule has 1 atom stereocenters. The fourth-order valence-corrected chi connectivity index (χ4v) is 3.02. The van der Waals surface area contributed by atoms with Crippen molar-refractivity contribution in [1.82, 2.24) is 0 Å². The van der Waals surface area contributed by atoms with Crippen LogP contribution < -0.4 is 10.5 Å². The van der Waals surface area contributed by atoms with Gasteiger partial charge in [-0.1, -0.05) is 35.3 Å². The van der Waals surface area contributed by atoms with Crippen molar-refractivity contribution in [3.05, 3.63) is 52.5 Å². The molecular weight excluding hydrogens is 329 g/mol. The lowest BCUT2D eigenvalue weighted by atomic mass is 10.3. The molecule has 0 saturated heterocycles. The maximum atomic E-state index is 9.96. The second-order valence-corrected chi connectivity index (χ2v) is 6.29. The minimum atomic E-state index is -0.635. The highest BCUT2D eigenvalue weighted by atomic mass is 35.5. The zero-order valence-electron chi connectivity index (χ0n) is 11.1. The van der Waals surface area contributed by atoms with Crippen LogP contribution >= 0.6 is 35.0 Å². The maximum absolute atomic E-state index is 9.96. The second-order valence-electron chi connectivity index (χ2n) is 4.39.